The normalized spacial score (nSPS) is 10.8. The van der Waals surface area contributed by atoms with Crippen LogP contribution in [0.4, 0.5) is 5.69 Å². The van der Waals surface area contributed by atoms with E-state index in [0.29, 0.717) is 17.9 Å². The maximum atomic E-state index is 12.1. The Morgan fingerprint density at radius 1 is 1.45 bits per heavy atom. The predicted molar refractivity (Wildman–Crippen MR) is 80.7 cm³/mol. The maximum absolute atomic E-state index is 12.1. The second-order valence-electron chi connectivity index (χ2n) is 4.57. The number of fused-ring (bicyclic) bond motifs is 1. The number of aryl methyl sites for hydroxylation is 1. The smallest absolute Gasteiger partial charge is 0.268 e. The summed E-state index contributed by atoms with van der Waals surface area (Å²) in [5, 5.41) is 3.82. The van der Waals surface area contributed by atoms with E-state index < -0.39 is 0 Å². The minimum atomic E-state index is -0.132. The topological polar surface area (TPSA) is 83.8 Å². The molecule has 0 fully saturated rings. The summed E-state index contributed by atoms with van der Waals surface area (Å²) in [4.78, 5) is 20.4. The van der Waals surface area contributed by atoms with Crippen molar-refractivity contribution >= 4 is 33.8 Å². The number of nitrogens with one attached hydrogen (secondary N) is 2. The third-order valence-electron chi connectivity index (χ3n) is 3.14. The summed E-state index contributed by atoms with van der Waals surface area (Å²) in [6.45, 7) is 2.43. The van der Waals surface area contributed by atoms with Gasteiger partial charge in [0.1, 0.15) is 5.69 Å². The Hall–Kier alpha value is -2.34. The second-order valence-corrected chi connectivity index (χ2v) is 5.51. The molecule has 2 aromatic heterocycles. The molecule has 0 atom stereocenters. The number of aromatic nitrogens is 2. The van der Waals surface area contributed by atoms with Gasteiger partial charge in [-0.3, -0.25) is 4.79 Å². The molecule has 3 rings (SSSR count). The van der Waals surface area contributed by atoms with E-state index in [1.54, 1.807) is 29.0 Å². The summed E-state index contributed by atoms with van der Waals surface area (Å²) in [5.74, 6) is -0.132. The van der Waals surface area contributed by atoms with Gasteiger partial charge < -0.3 is 16.0 Å². The largest absolute Gasteiger partial charge is 0.399 e. The number of rotatable bonds is 3. The number of amides is 1. The summed E-state index contributed by atoms with van der Waals surface area (Å²) < 4.78 is 0. The number of nitrogen functional groups attached to an aromatic ring is 1. The third kappa shape index (κ3) is 2.37. The summed E-state index contributed by atoms with van der Waals surface area (Å²) in [6.07, 6.45) is 0. The van der Waals surface area contributed by atoms with Crippen LogP contribution in [-0.2, 0) is 6.54 Å². The van der Waals surface area contributed by atoms with Crippen LogP contribution in [0.2, 0.25) is 0 Å². The van der Waals surface area contributed by atoms with Crippen molar-refractivity contribution in [3.05, 3.63) is 46.0 Å². The zero-order valence-electron chi connectivity index (χ0n) is 10.9. The number of hydrogen-bond acceptors (Lipinski definition) is 4. The van der Waals surface area contributed by atoms with Crippen molar-refractivity contribution in [2.24, 2.45) is 0 Å². The predicted octanol–water partition coefficient (Wildman–Crippen LogP) is 2.45. The molecule has 0 unspecified atom stereocenters. The Bertz CT molecular complexity index is 774. The molecule has 4 N–H and O–H groups in total. The van der Waals surface area contributed by atoms with Gasteiger partial charge in [-0.05, 0) is 31.2 Å². The highest BCUT2D eigenvalue weighted by Crippen LogP contribution is 2.18. The molecule has 2 heterocycles. The van der Waals surface area contributed by atoms with Gasteiger partial charge in [0.05, 0.1) is 17.7 Å². The highest BCUT2D eigenvalue weighted by atomic mass is 32.1. The number of carbonyl (C=O) groups excluding carboxylic acids is 1. The summed E-state index contributed by atoms with van der Waals surface area (Å²) in [5.41, 5.74) is 10.6. The van der Waals surface area contributed by atoms with Gasteiger partial charge in [0, 0.05) is 21.5 Å². The average Bonchev–Trinajstić information content (AvgIpc) is 3.01. The summed E-state index contributed by atoms with van der Waals surface area (Å²) >= 11 is 1.54. The minimum Gasteiger partial charge on any atom is -0.399 e. The maximum Gasteiger partial charge on any atom is 0.268 e. The van der Waals surface area contributed by atoms with E-state index in [4.69, 9.17) is 5.73 Å². The Morgan fingerprint density at radius 2 is 2.30 bits per heavy atom. The van der Waals surface area contributed by atoms with Crippen LogP contribution < -0.4 is 11.1 Å². The first-order valence-corrected chi connectivity index (χ1v) is 7.07. The number of carbonyl (C=O) groups is 1. The standard InChI is InChI=1S/C14H14N4OS/c1-8-13(20-7-17-8)6-16-14(19)12-5-9-4-10(15)2-3-11(9)18-12/h2-5,7,18H,6,15H2,1H3,(H,16,19). The fourth-order valence-electron chi connectivity index (χ4n) is 2.03. The van der Waals surface area contributed by atoms with Crippen LogP contribution >= 0.6 is 11.3 Å². The number of anilines is 1. The van der Waals surface area contributed by atoms with Crippen LogP contribution in [0, 0.1) is 6.92 Å². The number of nitrogens with two attached hydrogens (primary N) is 1. The Kier molecular flexibility index (Phi) is 3.15. The van der Waals surface area contributed by atoms with Crippen molar-refractivity contribution < 1.29 is 4.79 Å². The van der Waals surface area contributed by atoms with Crippen molar-refractivity contribution in [3.63, 3.8) is 0 Å². The number of nitrogens with zero attached hydrogens (tertiary/aromatic N) is 1. The molecule has 5 nitrogen and oxygen atoms in total. The zero-order chi connectivity index (χ0) is 14.1. The van der Waals surface area contributed by atoms with Crippen LogP contribution in [0.3, 0.4) is 0 Å². The van der Waals surface area contributed by atoms with Gasteiger partial charge in [0.25, 0.3) is 5.91 Å². The molecule has 0 spiro atoms. The Labute approximate surface area is 119 Å². The number of benzene rings is 1. The first-order chi connectivity index (χ1) is 9.63. The molecular weight excluding hydrogens is 272 g/mol. The number of H-pyrrole nitrogens is 1. The van der Waals surface area contributed by atoms with E-state index in [0.717, 1.165) is 21.5 Å². The molecule has 102 valence electrons. The molecule has 0 aliphatic heterocycles. The van der Waals surface area contributed by atoms with Crippen LogP contribution in [0.15, 0.2) is 29.8 Å². The molecule has 0 saturated heterocycles. The molecule has 0 bridgehead atoms. The van der Waals surface area contributed by atoms with Gasteiger partial charge in [0.2, 0.25) is 0 Å². The van der Waals surface area contributed by atoms with Crippen LogP contribution in [-0.4, -0.2) is 15.9 Å². The van der Waals surface area contributed by atoms with Crippen molar-refractivity contribution in [1.82, 2.24) is 15.3 Å². The minimum absolute atomic E-state index is 0.132. The van der Waals surface area contributed by atoms with Gasteiger partial charge in [-0.2, -0.15) is 0 Å². The van der Waals surface area contributed by atoms with Gasteiger partial charge in [-0.1, -0.05) is 0 Å². The molecule has 0 saturated carbocycles. The van der Waals surface area contributed by atoms with Gasteiger partial charge in [-0.25, -0.2) is 4.98 Å². The third-order valence-corrected chi connectivity index (χ3v) is 4.08. The lowest BCUT2D eigenvalue weighted by molar-refractivity contribution is 0.0947. The highest BCUT2D eigenvalue weighted by Gasteiger charge is 2.10. The van der Waals surface area contributed by atoms with Crippen molar-refractivity contribution in [2.45, 2.75) is 13.5 Å². The van der Waals surface area contributed by atoms with Crippen LogP contribution in [0.5, 0.6) is 0 Å². The van der Waals surface area contributed by atoms with E-state index in [2.05, 4.69) is 15.3 Å². The molecule has 0 aliphatic rings. The fraction of sp³-hybridized carbons (Fsp3) is 0.143. The quantitative estimate of drug-likeness (QED) is 0.647. The van der Waals surface area contributed by atoms with E-state index >= 15 is 0 Å². The van der Waals surface area contributed by atoms with E-state index in [1.165, 1.54) is 0 Å². The van der Waals surface area contributed by atoms with Gasteiger partial charge >= 0.3 is 0 Å². The SMILES string of the molecule is Cc1ncsc1CNC(=O)c1cc2cc(N)ccc2[nH]1. The molecule has 1 amide bonds. The first-order valence-electron chi connectivity index (χ1n) is 6.19. The zero-order valence-corrected chi connectivity index (χ0v) is 11.8. The molecular formula is C14H14N4OS. The van der Waals surface area contributed by atoms with Crippen LogP contribution in [0.1, 0.15) is 21.1 Å². The molecule has 20 heavy (non-hydrogen) atoms. The fourth-order valence-corrected chi connectivity index (χ4v) is 2.74. The second kappa shape index (κ2) is 4.97. The summed E-state index contributed by atoms with van der Waals surface area (Å²) in [7, 11) is 0. The first kappa shape index (κ1) is 12.7. The Morgan fingerprint density at radius 3 is 3.05 bits per heavy atom. The number of aromatic amines is 1. The summed E-state index contributed by atoms with van der Waals surface area (Å²) in [6, 6.07) is 7.33. The van der Waals surface area contributed by atoms with Gasteiger partial charge in [0.15, 0.2) is 0 Å². The van der Waals surface area contributed by atoms with Crippen LogP contribution in [0.25, 0.3) is 10.9 Å². The molecule has 0 radical (unpaired) electrons. The van der Waals surface area contributed by atoms with Crippen molar-refractivity contribution in [1.29, 1.82) is 0 Å². The highest BCUT2D eigenvalue weighted by molar-refractivity contribution is 7.09. The average molecular weight is 286 g/mol. The van der Waals surface area contributed by atoms with Crippen molar-refractivity contribution in [3.8, 4) is 0 Å². The molecule has 1 aromatic carbocycles. The Balaban J connectivity index is 1.77. The van der Waals surface area contributed by atoms with Gasteiger partial charge in [-0.15, -0.1) is 11.3 Å². The molecule has 3 aromatic rings. The van der Waals surface area contributed by atoms with E-state index in [-0.39, 0.29) is 5.91 Å². The lowest BCUT2D eigenvalue weighted by atomic mass is 10.2. The molecule has 6 heteroatoms. The lowest BCUT2D eigenvalue weighted by Gasteiger charge is -2.02. The van der Waals surface area contributed by atoms with E-state index in [9.17, 15) is 4.79 Å². The monoisotopic (exact) mass is 286 g/mol. The number of hydrogen-bond donors (Lipinski definition) is 3. The lowest BCUT2D eigenvalue weighted by Crippen LogP contribution is -2.22. The van der Waals surface area contributed by atoms with E-state index in [1.807, 2.05) is 19.1 Å². The van der Waals surface area contributed by atoms with Crippen molar-refractivity contribution in [2.75, 3.05) is 5.73 Å². The molecule has 0 aliphatic carbocycles. The number of thiazole rings is 1.